The van der Waals surface area contributed by atoms with Gasteiger partial charge in [-0.1, -0.05) is 6.07 Å². The molecule has 2 rings (SSSR count). The molecule has 0 bridgehead atoms. The average Bonchev–Trinajstić information content (AvgIpc) is 2.40. The summed E-state index contributed by atoms with van der Waals surface area (Å²) in [5.74, 6) is 1.16. The Hall–Kier alpha value is -1.09. The minimum absolute atomic E-state index is 0.0267. The maximum atomic E-state index is 4.60. The molecular formula is C14H23N3. The maximum absolute atomic E-state index is 4.60. The highest BCUT2D eigenvalue weighted by Gasteiger charge is 2.25. The smallest absolute Gasteiger partial charge is 0.133 e. The molecule has 17 heavy (non-hydrogen) atoms. The van der Waals surface area contributed by atoms with Crippen LogP contribution >= 0.6 is 0 Å². The first kappa shape index (κ1) is 12.4. The molecule has 1 fully saturated rings. The molecule has 0 radical (unpaired) electrons. The van der Waals surface area contributed by atoms with Crippen LogP contribution in [0.1, 0.15) is 38.7 Å². The van der Waals surface area contributed by atoms with Crippen LogP contribution in [0.5, 0.6) is 0 Å². The van der Waals surface area contributed by atoms with Gasteiger partial charge in [0, 0.05) is 30.4 Å². The van der Waals surface area contributed by atoms with Crippen LogP contribution in [0.3, 0.4) is 0 Å². The molecule has 0 atom stereocenters. The van der Waals surface area contributed by atoms with E-state index < -0.39 is 0 Å². The molecule has 1 aliphatic rings. The van der Waals surface area contributed by atoms with Gasteiger partial charge in [0.05, 0.1) is 0 Å². The van der Waals surface area contributed by atoms with Gasteiger partial charge in [0.1, 0.15) is 5.82 Å². The van der Waals surface area contributed by atoms with E-state index in [1.54, 1.807) is 0 Å². The van der Waals surface area contributed by atoms with Crippen LogP contribution in [0.25, 0.3) is 0 Å². The van der Waals surface area contributed by atoms with Crippen LogP contribution in [0, 0.1) is 0 Å². The Morgan fingerprint density at radius 2 is 1.94 bits per heavy atom. The molecule has 1 aliphatic heterocycles. The molecule has 1 aromatic heterocycles. The Balaban J connectivity index is 2.33. The molecule has 3 nitrogen and oxygen atoms in total. The van der Waals surface area contributed by atoms with E-state index >= 15 is 0 Å². The van der Waals surface area contributed by atoms with Crippen molar-refractivity contribution in [2.75, 3.05) is 25.0 Å². The Bertz CT molecular complexity index is 367. The van der Waals surface area contributed by atoms with Crippen molar-refractivity contribution in [1.29, 1.82) is 0 Å². The zero-order valence-electron chi connectivity index (χ0n) is 11.2. The second-order valence-corrected chi connectivity index (χ2v) is 5.30. The van der Waals surface area contributed by atoms with Gasteiger partial charge in [-0.05, 0) is 46.2 Å². The lowest BCUT2D eigenvalue weighted by Crippen LogP contribution is -2.38. The molecule has 1 aromatic rings. The number of nitrogens with zero attached hydrogens (tertiary/aromatic N) is 2. The van der Waals surface area contributed by atoms with Crippen molar-refractivity contribution in [1.82, 2.24) is 10.3 Å². The standard InChI is InChI=1S/C14H23N3/c1-14(2,15-3)12-8-7-9-16-13(12)17-10-5-4-6-11-17/h7-9,15H,4-6,10-11H2,1-3H3. The van der Waals surface area contributed by atoms with Crippen molar-refractivity contribution >= 4 is 5.82 Å². The number of hydrogen-bond acceptors (Lipinski definition) is 3. The molecule has 3 heteroatoms. The maximum Gasteiger partial charge on any atom is 0.133 e. The third-order valence-corrected chi connectivity index (χ3v) is 3.74. The van der Waals surface area contributed by atoms with Crippen LogP contribution in [0.4, 0.5) is 5.82 Å². The zero-order valence-corrected chi connectivity index (χ0v) is 11.2. The van der Waals surface area contributed by atoms with E-state index in [-0.39, 0.29) is 5.54 Å². The minimum Gasteiger partial charge on any atom is -0.356 e. The second-order valence-electron chi connectivity index (χ2n) is 5.30. The molecular weight excluding hydrogens is 210 g/mol. The number of nitrogens with one attached hydrogen (secondary N) is 1. The van der Waals surface area contributed by atoms with Gasteiger partial charge < -0.3 is 10.2 Å². The molecule has 0 aromatic carbocycles. The predicted molar refractivity (Wildman–Crippen MR) is 72.4 cm³/mol. The molecule has 0 saturated carbocycles. The third kappa shape index (κ3) is 2.60. The summed E-state index contributed by atoms with van der Waals surface area (Å²) in [6.45, 7) is 6.70. The number of hydrogen-bond donors (Lipinski definition) is 1. The normalized spacial score (nSPS) is 17.2. The largest absolute Gasteiger partial charge is 0.356 e. The Morgan fingerprint density at radius 1 is 1.24 bits per heavy atom. The van der Waals surface area contributed by atoms with E-state index in [2.05, 4.69) is 35.1 Å². The van der Waals surface area contributed by atoms with Gasteiger partial charge in [0.2, 0.25) is 0 Å². The third-order valence-electron chi connectivity index (χ3n) is 3.74. The first-order valence-electron chi connectivity index (χ1n) is 6.54. The Morgan fingerprint density at radius 3 is 2.59 bits per heavy atom. The van der Waals surface area contributed by atoms with Gasteiger partial charge >= 0.3 is 0 Å². The Labute approximate surface area is 104 Å². The predicted octanol–water partition coefficient (Wildman–Crippen LogP) is 2.53. The SMILES string of the molecule is CNC(C)(C)c1cccnc1N1CCCCC1. The second kappa shape index (κ2) is 5.05. The summed E-state index contributed by atoms with van der Waals surface area (Å²) in [5, 5.41) is 3.37. The lowest BCUT2D eigenvalue weighted by atomic mass is 9.94. The van der Waals surface area contributed by atoms with E-state index in [1.807, 2.05) is 19.3 Å². The van der Waals surface area contributed by atoms with Crippen LogP contribution in [0.15, 0.2) is 18.3 Å². The quantitative estimate of drug-likeness (QED) is 0.869. The Kier molecular flexibility index (Phi) is 3.67. The fourth-order valence-corrected chi connectivity index (χ4v) is 2.38. The molecule has 0 amide bonds. The van der Waals surface area contributed by atoms with Gasteiger partial charge in [-0.2, -0.15) is 0 Å². The van der Waals surface area contributed by atoms with Crippen LogP contribution < -0.4 is 10.2 Å². The van der Waals surface area contributed by atoms with Crippen molar-refractivity contribution < 1.29 is 0 Å². The van der Waals surface area contributed by atoms with E-state index in [0.717, 1.165) is 18.9 Å². The van der Waals surface area contributed by atoms with Gasteiger partial charge in [0.25, 0.3) is 0 Å². The molecule has 1 N–H and O–H groups in total. The van der Waals surface area contributed by atoms with Gasteiger partial charge in [0.15, 0.2) is 0 Å². The molecule has 2 heterocycles. The van der Waals surface area contributed by atoms with Crippen LogP contribution in [0.2, 0.25) is 0 Å². The summed E-state index contributed by atoms with van der Waals surface area (Å²) >= 11 is 0. The summed E-state index contributed by atoms with van der Waals surface area (Å²) in [6, 6.07) is 4.22. The topological polar surface area (TPSA) is 28.2 Å². The molecule has 1 saturated heterocycles. The van der Waals surface area contributed by atoms with Crippen molar-refractivity contribution in [3.8, 4) is 0 Å². The van der Waals surface area contributed by atoms with Crippen molar-refractivity contribution in [3.05, 3.63) is 23.9 Å². The molecule has 94 valence electrons. The highest BCUT2D eigenvalue weighted by molar-refractivity contribution is 5.50. The molecule has 0 spiro atoms. The van der Waals surface area contributed by atoms with E-state index in [0.29, 0.717) is 0 Å². The van der Waals surface area contributed by atoms with E-state index in [1.165, 1.54) is 24.8 Å². The average molecular weight is 233 g/mol. The first-order valence-corrected chi connectivity index (χ1v) is 6.54. The van der Waals surface area contributed by atoms with Crippen LogP contribution in [-0.2, 0) is 5.54 Å². The van der Waals surface area contributed by atoms with Crippen molar-refractivity contribution in [2.24, 2.45) is 0 Å². The summed E-state index contributed by atoms with van der Waals surface area (Å²) in [4.78, 5) is 7.03. The summed E-state index contributed by atoms with van der Waals surface area (Å²) in [7, 11) is 2.01. The number of aromatic nitrogens is 1. The molecule has 0 unspecified atom stereocenters. The van der Waals surface area contributed by atoms with Gasteiger partial charge in [-0.25, -0.2) is 4.98 Å². The lowest BCUT2D eigenvalue weighted by molar-refractivity contribution is 0.440. The number of pyridine rings is 1. The van der Waals surface area contributed by atoms with Gasteiger partial charge in [-0.3, -0.25) is 0 Å². The lowest BCUT2D eigenvalue weighted by Gasteiger charge is -2.34. The fourth-order valence-electron chi connectivity index (χ4n) is 2.38. The summed E-state index contributed by atoms with van der Waals surface area (Å²) in [6.07, 6.45) is 5.83. The highest BCUT2D eigenvalue weighted by atomic mass is 15.2. The monoisotopic (exact) mass is 233 g/mol. The number of rotatable bonds is 3. The zero-order chi connectivity index (χ0) is 12.3. The van der Waals surface area contributed by atoms with Crippen LogP contribution in [-0.4, -0.2) is 25.1 Å². The summed E-state index contributed by atoms with van der Waals surface area (Å²) in [5.41, 5.74) is 1.27. The van der Waals surface area contributed by atoms with E-state index in [9.17, 15) is 0 Å². The minimum atomic E-state index is -0.0267. The molecule has 0 aliphatic carbocycles. The van der Waals surface area contributed by atoms with Crippen molar-refractivity contribution in [2.45, 2.75) is 38.6 Å². The van der Waals surface area contributed by atoms with E-state index in [4.69, 9.17) is 0 Å². The van der Waals surface area contributed by atoms with Gasteiger partial charge in [-0.15, -0.1) is 0 Å². The first-order chi connectivity index (χ1) is 8.15. The van der Waals surface area contributed by atoms with Crippen molar-refractivity contribution in [3.63, 3.8) is 0 Å². The fraction of sp³-hybridized carbons (Fsp3) is 0.643. The number of piperidine rings is 1. The summed E-state index contributed by atoms with van der Waals surface area (Å²) < 4.78 is 0. The number of anilines is 1. The highest BCUT2D eigenvalue weighted by Crippen LogP contribution is 2.29.